The number of amides is 5. The molecule has 0 bridgehead atoms. The summed E-state index contributed by atoms with van der Waals surface area (Å²) in [5.41, 5.74) is 0. The fraction of sp³-hybridized carbons (Fsp3) is 0.800. The predicted octanol–water partition coefficient (Wildman–Crippen LogP) is 0.462. The minimum atomic E-state index is -1.29. The van der Waals surface area contributed by atoms with E-state index in [9.17, 15) is 33.9 Å². The molecule has 0 fully saturated rings. The number of likely N-dealkylation sites (N-methyl/N-ethyl adjacent to an activating group) is 1. The first kappa shape index (κ1) is 40.7. The number of hydrogen-bond donors (Lipinski definition) is 7. The summed E-state index contributed by atoms with van der Waals surface area (Å²) in [6, 6.07) is -3.80. The molecule has 0 aromatic heterocycles. The Hall–Kier alpha value is -3.26. The Labute approximate surface area is 261 Å². The molecule has 0 spiro atoms. The molecule has 0 unspecified atom stereocenters. The number of nitrogens with one attached hydrogen (secondary N) is 5. The molecule has 0 aromatic rings. The monoisotopic (exact) mass is 629 g/mol. The highest BCUT2D eigenvalue weighted by Gasteiger charge is 2.33. The number of rotatable bonds is 22. The molecule has 0 rings (SSSR count). The number of aliphatic carboxylic acids is 1. The molecule has 0 saturated heterocycles. The fourth-order valence-corrected chi connectivity index (χ4v) is 4.45. The number of carboxylic acid groups (broad SMARTS) is 1. The number of carbonyl (C=O) groups is 6. The number of ether oxygens (including phenoxy) is 1. The van der Waals surface area contributed by atoms with E-state index in [1.165, 1.54) is 7.11 Å². The maximum atomic E-state index is 13.4. The standard InChI is InChI=1S/C30H55N5O9/c1-9-19(7)27(34-23(37)12-11-13-25(39)40)30(43)33-21(16-44-8)28(41)32-20(14-17(3)4)22(36)15-24(38)35-26(18(5)6)29(42)31-10-2/h17-22,26-27,36H,9-16H2,1-8H3,(H,31,42)(H,32,41)(H,33,43)(H,34,37)(H,35,38)(H,39,40)/t19-,20+,21+,22+,26+,27+/m1/s1. The second-order valence-corrected chi connectivity index (χ2v) is 11.9. The molecule has 14 heteroatoms. The van der Waals surface area contributed by atoms with Crippen molar-refractivity contribution in [3.63, 3.8) is 0 Å². The van der Waals surface area contributed by atoms with Crippen LogP contribution < -0.4 is 26.6 Å². The highest BCUT2D eigenvalue weighted by atomic mass is 16.5. The zero-order valence-corrected chi connectivity index (χ0v) is 27.5. The van der Waals surface area contributed by atoms with Crippen LogP contribution in [0.4, 0.5) is 0 Å². The molecule has 0 aliphatic heterocycles. The Morgan fingerprint density at radius 3 is 1.89 bits per heavy atom. The van der Waals surface area contributed by atoms with E-state index < -0.39 is 59.9 Å². The molecule has 0 aliphatic carbocycles. The zero-order valence-electron chi connectivity index (χ0n) is 27.5. The minimum Gasteiger partial charge on any atom is -0.481 e. The summed E-state index contributed by atoms with van der Waals surface area (Å²) in [6.07, 6.45) is -0.936. The first-order valence-corrected chi connectivity index (χ1v) is 15.4. The molecule has 6 atom stereocenters. The van der Waals surface area contributed by atoms with Gasteiger partial charge in [-0.3, -0.25) is 28.8 Å². The summed E-state index contributed by atoms with van der Waals surface area (Å²) in [5, 5.41) is 33.1. The van der Waals surface area contributed by atoms with Gasteiger partial charge in [-0.2, -0.15) is 0 Å². The van der Waals surface area contributed by atoms with Crippen LogP contribution in [0.5, 0.6) is 0 Å². The molecular formula is C30H55N5O9. The van der Waals surface area contributed by atoms with Gasteiger partial charge in [-0.25, -0.2) is 0 Å². The normalized spacial score (nSPS) is 15.3. The van der Waals surface area contributed by atoms with Crippen molar-refractivity contribution in [1.29, 1.82) is 0 Å². The van der Waals surface area contributed by atoms with E-state index in [4.69, 9.17) is 9.84 Å². The van der Waals surface area contributed by atoms with E-state index in [-0.39, 0.29) is 56.0 Å². The molecular weight excluding hydrogens is 574 g/mol. The Morgan fingerprint density at radius 2 is 1.39 bits per heavy atom. The van der Waals surface area contributed by atoms with Crippen LogP contribution in [0.25, 0.3) is 0 Å². The van der Waals surface area contributed by atoms with E-state index in [1.807, 2.05) is 20.8 Å². The van der Waals surface area contributed by atoms with E-state index in [2.05, 4.69) is 26.6 Å². The van der Waals surface area contributed by atoms with Gasteiger partial charge in [0.1, 0.15) is 18.1 Å². The summed E-state index contributed by atoms with van der Waals surface area (Å²) >= 11 is 0. The second kappa shape index (κ2) is 21.4. The van der Waals surface area contributed by atoms with Gasteiger partial charge in [0, 0.05) is 26.5 Å². The van der Waals surface area contributed by atoms with Gasteiger partial charge in [0.15, 0.2) is 0 Å². The van der Waals surface area contributed by atoms with Crippen LogP contribution in [0.15, 0.2) is 0 Å². The number of aliphatic hydroxyl groups is 1. The molecule has 7 N–H and O–H groups in total. The van der Waals surface area contributed by atoms with Crippen molar-refractivity contribution in [2.45, 2.75) is 117 Å². The predicted molar refractivity (Wildman–Crippen MR) is 164 cm³/mol. The van der Waals surface area contributed by atoms with Crippen LogP contribution in [0.2, 0.25) is 0 Å². The molecule has 44 heavy (non-hydrogen) atoms. The van der Waals surface area contributed by atoms with Crippen LogP contribution >= 0.6 is 0 Å². The highest BCUT2D eigenvalue weighted by Crippen LogP contribution is 2.13. The lowest BCUT2D eigenvalue weighted by molar-refractivity contribution is -0.137. The third-order valence-corrected chi connectivity index (χ3v) is 7.10. The summed E-state index contributed by atoms with van der Waals surface area (Å²) < 4.78 is 5.16. The highest BCUT2D eigenvalue weighted by molar-refractivity contribution is 5.92. The molecule has 14 nitrogen and oxygen atoms in total. The average Bonchev–Trinajstić information content (AvgIpc) is 2.92. The van der Waals surface area contributed by atoms with Crippen molar-refractivity contribution in [3.05, 3.63) is 0 Å². The first-order chi connectivity index (χ1) is 20.6. The zero-order chi connectivity index (χ0) is 34.0. The Bertz CT molecular complexity index is 944. The lowest BCUT2D eigenvalue weighted by atomic mass is 9.96. The summed E-state index contributed by atoms with van der Waals surface area (Å²) in [5.74, 6) is -4.12. The molecule has 0 heterocycles. The molecule has 5 amide bonds. The number of methoxy groups -OCH3 is 1. The van der Waals surface area contributed by atoms with Crippen LogP contribution in [0.3, 0.4) is 0 Å². The van der Waals surface area contributed by atoms with Gasteiger partial charge in [0.2, 0.25) is 29.5 Å². The van der Waals surface area contributed by atoms with E-state index in [1.54, 1.807) is 27.7 Å². The summed E-state index contributed by atoms with van der Waals surface area (Å²) in [7, 11) is 1.35. The van der Waals surface area contributed by atoms with Crippen LogP contribution in [-0.2, 0) is 33.5 Å². The van der Waals surface area contributed by atoms with Crippen molar-refractivity contribution < 1.29 is 43.7 Å². The number of aliphatic hydroxyl groups excluding tert-OH is 1. The van der Waals surface area contributed by atoms with E-state index in [0.29, 0.717) is 19.4 Å². The fourth-order valence-electron chi connectivity index (χ4n) is 4.45. The van der Waals surface area contributed by atoms with Gasteiger partial charge in [-0.05, 0) is 37.5 Å². The third-order valence-electron chi connectivity index (χ3n) is 7.10. The third kappa shape index (κ3) is 16.0. The van der Waals surface area contributed by atoms with Gasteiger partial charge < -0.3 is 41.5 Å². The van der Waals surface area contributed by atoms with Crippen molar-refractivity contribution in [2.75, 3.05) is 20.3 Å². The van der Waals surface area contributed by atoms with Crippen molar-refractivity contribution in [1.82, 2.24) is 26.6 Å². The second-order valence-electron chi connectivity index (χ2n) is 11.9. The Kier molecular flexibility index (Phi) is 19.9. The Balaban J connectivity index is 5.65. The quantitative estimate of drug-likeness (QED) is 0.0885. The number of hydrogen-bond acceptors (Lipinski definition) is 8. The van der Waals surface area contributed by atoms with E-state index in [0.717, 1.165) is 0 Å². The SMILES string of the molecule is CCNC(=O)[C@@H](NC(=O)C[C@H](O)[C@H](CC(C)C)NC(=O)[C@H](COC)NC(=O)[C@@H](NC(=O)CCCC(=O)O)[C@H](C)CC)C(C)C. The lowest BCUT2D eigenvalue weighted by Crippen LogP contribution is -2.59. The van der Waals surface area contributed by atoms with Gasteiger partial charge >= 0.3 is 5.97 Å². The molecule has 0 aliphatic rings. The molecule has 0 aromatic carbocycles. The lowest BCUT2D eigenvalue weighted by Gasteiger charge is -2.30. The Morgan fingerprint density at radius 1 is 0.773 bits per heavy atom. The van der Waals surface area contributed by atoms with Crippen molar-refractivity contribution in [2.24, 2.45) is 17.8 Å². The minimum absolute atomic E-state index is 0.0262. The molecule has 0 saturated carbocycles. The van der Waals surface area contributed by atoms with Crippen LogP contribution in [0, 0.1) is 17.8 Å². The maximum absolute atomic E-state index is 13.4. The van der Waals surface area contributed by atoms with Gasteiger partial charge in [0.25, 0.3) is 0 Å². The van der Waals surface area contributed by atoms with Crippen LogP contribution in [0.1, 0.15) is 87.0 Å². The van der Waals surface area contributed by atoms with Crippen molar-refractivity contribution >= 4 is 35.5 Å². The topological polar surface area (TPSA) is 212 Å². The number of carboxylic acids is 1. The largest absolute Gasteiger partial charge is 0.481 e. The number of carbonyl (C=O) groups excluding carboxylic acids is 5. The van der Waals surface area contributed by atoms with Crippen molar-refractivity contribution in [3.8, 4) is 0 Å². The van der Waals surface area contributed by atoms with Gasteiger partial charge in [0.05, 0.1) is 25.2 Å². The molecule has 254 valence electrons. The van der Waals surface area contributed by atoms with Crippen LogP contribution in [-0.4, -0.2) is 96.3 Å². The molecule has 0 radical (unpaired) electrons. The summed E-state index contributed by atoms with van der Waals surface area (Å²) in [6.45, 7) is 12.9. The smallest absolute Gasteiger partial charge is 0.303 e. The first-order valence-electron chi connectivity index (χ1n) is 15.4. The average molecular weight is 630 g/mol. The van der Waals surface area contributed by atoms with Gasteiger partial charge in [-0.15, -0.1) is 0 Å². The summed E-state index contributed by atoms with van der Waals surface area (Å²) in [4.78, 5) is 74.9. The van der Waals surface area contributed by atoms with Gasteiger partial charge in [-0.1, -0.05) is 48.0 Å². The maximum Gasteiger partial charge on any atom is 0.303 e. The van der Waals surface area contributed by atoms with E-state index >= 15 is 0 Å².